The Balaban J connectivity index is 1.41. The van der Waals surface area contributed by atoms with Crippen molar-refractivity contribution in [1.29, 1.82) is 0 Å². The molecule has 208 valence electrons. The zero-order chi connectivity index (χ0) is 27.6. The number of benzene rings is 2. The first kappa shape index (κ1) is 28.4. The molecule has 2 aromatic carbocycles. The van der Waals surface area contributed by atoms with Crippen LogP contribution in [0.25, 0.3) is 0 Å². The molecule has 0 saturated carbocycles. The number of ether oxygens (including phenoxy) is 2. The van der Waals surface area contributed by atoms with E-state index in [4.69, 9.17) is 9.47 Å². The molecular weight excluding hydrogens is 500 g/mol. The third-order valence-corrected chi connectivity index (χ3v) is 6.75. The van der Waals surface area contributed by atoms with Gasteiger partial charge in [0.1, 0.15) is 18.2 Å². The van der Waals surface area contributed by atoms with Crippen LogP contribution in [0.15, 0.2) is 60.7 Å². The number of hydrogen-bond donors (Lipinski definition) is 3. The highest BCUT2D eigenvalue weighted by molar-refractivity contribution is 5.96. The molecule has 2 fully saturated rings. The number of morpholine rings is 1. The lowest BCUT2D eigenvalue weighted by atomic mass is 9.99. The van der Waals surface area contributed by atoms with E-state index in [0.717, 1.165) is 11.1 Å². The molecule has 4 rings (SSSR count). The standard InChI is InChI=1S/C29H36N4O6/c1-20(30-26(34)18-33-12-14-38-15-13-33)28(36)32-24(17-22-10-6-3-7-11-22)29(37)31-23(27(35)25-19-39-25)16-21-8-4-2-5-9-21/h2-11,20,23-25H,12-19H2,1H3,(H,30,34)(H,31,37)(H,32,36)/t20-,23-,24-,25+/m0/s1. The van der Waals surface area contributed by atoms with Gasteiger partial charge in [0.15, 0.2) is 5.78 Å². The lowest BCUT2D eigenvalue weighted by Crippen LogP contribution is -2.57. The van der Waals surface area contributed by atoms with E-state index < -0.39 is 36.0 Å². The first-order chi connectivity index (χ1) is 18.9. The molecule has 0 aliphatic carbocycles. The molecule has 0 bridgehead atoms. The summed E-state index contributed by atoms with van der Waals surface area (Å²) in [6.07, 6.45) is 0.00694. The van der Waals surface area contributed by atoms with Crippen LogP contribution in [0.5, 0.6) is 0 Å². The van der Waals surface area contributed by atoms with Gasteiger partial charge >= 0.3 is 0 Å². The molecule has 2 heterocycles. The number of amides is 3. The van der Waals surface area contributed by atoms with Crippen molar-refractivity contribution in [2.45, 2.75) is 44.0 Å². The van der Waals surface area contributed by atoms with Crippen molar-refractivity contribution >= 4 is 23.5 Å². The molecule has 10 heteroatoms. The summed E-state index contributed by atoms with van der Waals surface area (Å²) < 4.78 is 10.5. The van der Waals surface area contributed by atoms with Gasteiger partial charge < -0.3 is 25.4 Å². The summed E-state index contributed by atoms with van der Waals surface area (Å²) in [4.78, 5) is 54.0. The quantitative estimate of drug-likeness (QED) is 0.313. The number of nitrogens with zero attached hydrogens (tertiary/aromatic N) is 1. The smallest absolute Gasteiger partial charge is 0.243 e. The van der Waals surface area contributed by atoms with E-state index in [1.165, 1.54) is 0 Å². The van der Waals surface area contributed by atoms with Crippen molar-refractivity contribution < 1.29 is 28.7 Å². The Kier molecular flexibility index (Phi) is 10.2. The van der Waals surface area contributed by atoms with Gasteiger partial charge in [0.25, 0.3) is 0 Å². The van der Waals surface area contributed by atoms with Crippen LogP contribution in [0.1, 0.15) is 18.1 Å². The van der Waals surface area contributed by atoms with Gasteiger partial charge in [-0.25, -0.2) is 0 Å². The molecular formula is C29H36N4O6. The summed E-state index contributed by atoms with van der Waals surface area (Å²) in [5.74, 6) is -1.44. The van der Waals surface area contributed by atoms with Gasteiger partial charge in [0.05, 0.1) is 32.4 Å². The van der Waals surface area contributed by atoms with Crippen LogP contribution in [0.4, 0.5) is 0 Å². The van der Waals surface area contributed by atoms with E-state index in [2.05, 4.69) is 16.0 Å². The minimum Gasteiger partial charge on any atom is -0.379 e. The number of hydrogen-bond acceptors (Lipinski definition) is 7. The van der Waals surface area contributed by atoms with Gasteiger partial charge in [-0.15, -0.1) is 0 Å². The Morgan fingerprint density at radius 2 is 1.36 bits per heavy atom. The van der Waals surface area contributed by atoms with E-state index in [0.29, 0.717) is 39.3 Å². The third-order valence-electron chi connectivity index (χ3n) is 6.75. The van der Waals surface area contributed by atoms with Crippen LogP contribution >= 0.6 is 0 Å². The second kappa shape index (κ2) is 14.0. The fourth-order valence-electron chi connectivity index (χ4n) is 4.45. The van der Waals surface area contributed by atoms with Crippen LogP contribution < -0.4 is 16.0 Å². The summed E-state index contributed by atoms with van der Waals surface area (Å²) >= 11 is 0. The van der Waals surface area contributed by atoms with Crippen molar-refractivity contribution in [3.8, 4) is 0 Å². The molecule has 3 N–H and O–H groups in total. The number of carbonyl (C=O) groups is 4. The lowest BCUT2D eigenvalue weighted by molar-refractivity contribution is -0.133. The van der Waals surface area contributed by atoms with Gasteiger partial charge in [-0.05, 0) is 24.5 Å². The average Bonchev–Trinajstić information content (AvgIpc) is 3.79. The van der Waals surface area contributed by atoms with Gasteiger partial charge in [-0.1, -0.05) is 60.7 Å². The summed E-state index contributed by atoms with van der Waals surface area (Å²) in [6.45, 7) is 4.54. The van der Waals surface area contributed by atoms with E-state index in [-0.39, 0.29) is 24.7 Å². The molecule has 2 aliphatic rings. The summed E-state index contributed by atoms with van der Waals surface area (Å²) in [5.41, 5.74) is 1.75. The number of Topliss-reactive ketones (excluding diaryl/α,β-unsaturated/α-hetero) is 1. The van der Waals surface area contributed by atoms with Crippen molar-refractivity contribution in [3.63, 3.8) is 0 Å². The van der Waals surface area contributed by atoms with Crippen LogP contribution in [0.2, 0.25) is 0 Å². The molecule has 3 amide bonds. The number of ketones is 1. The molecule has 0 radical (unpaired) electrons. The van der Waals surface area contributed by atoms with E-state index in [1.807, 2.05) is 65.6 Å². The van der Waals surface area contributed by atoms with Crippen LogP contribution in [0, 0.1) is 0 Å². The van der Waals surface area contributed by atoms with Crippen LogP contribution in [0.3, 0.4) is 0 Å². The Morgan fingerprint density at radius 3 is 1.92 bits per heavy atom. The van der Waals surface area contributed by atoms with Gasteiger partial charge in [0.2, 0.25) is 17.7 Å². The summed E-state index contributed by atoms with van der Waals surface area (Å²) in [7, 11) is 0. The minimum atomic E-state index is -0.954. The number of carbonyl (C=O) groups excluding carboxylic acids is 4. The van der Waals surface area contributed by atoms with Crippen LogP contribution in [-0.4, -0.2) is 92.1 Å². The maximum atomic E-state index is 13.5. The van der Waals surface area contributed by atoms with Crippen molar-refractivity contribution in [2.75, 3.05) is 39.5 Å². The zero-order valence-electron chi connectivity index (χ0n) is 22.1. The first-order valence-corrected chi connectivity index (χ1v) is 13.3. The molecule has 2 aliphatic heterocycles. The highest BCUT2D eigenvalue weighted by Crippen LogP contribution is 2.16. The third kappa shape index (κ3) is 8.98. The molecule has 4 atom stereocenters. The SMILES string of the molecule is C[C@H](NC(=O)CN1CCOCC1)C(=O)N[C@@H](Cc1ccccc1)C(=O)N[C@@H](Cc1ccccc1)C(=O)[C@H]1CO1. The predicted octanol–water partition coefficient (Wildman–Crippen LogP) is 0.246. The molecule has 0 spiro atoms. The van der Waals surface area contributed by atoms with Crippen molar-refractivity contribution in [2.24, 2.45) is 0 Å². The average molecular weight is 537 g/mol. The molecule has 39 heavy (non-hydrogen) atoms. The van der Waals surface area contributed by atoms with E-state index >= 15 is 0 Å². The largest absolute Gasteiger partial charge is 0.379 e. The highest BCUT2D eigenvalue weighted by atomic mass is 16.6. The zero-order valence-corrected chi connectivity index (χ0v) is 22.1. The van der Waals surface area contributed by atoms with E-state index in [9.17, 15) is 19.2 Å². The Bertz CT molecular complexity index is 1120. The number of epoxide rings is 1. The maximum absolute atomic E-state index is 13.5. The first-order valence-electron chi connectivity index (χ1n) is 13.3. The van der Waals surface area contributed by atoms with Gasteiger partial charge in [0, 0.05) is 19.5 Å². The number of nitrogens with one attached hydrogen (secondary N) is 3. The van der Waals surface area contributed by atoms with E-state index in [1.54, 1.807) is 6.92 Å². The monoisotopic (exact) mass is 536 g/mol. The molecule has 2 aromatic rings. The van der Waals surface area contributed by atoms with Crippen LogP contribution in [-0.2, 0) is 41.5 Å². The summed E-state index contributed by atoms with van der Waals surface area (Å²) in [6, 6.07) is 16.1. The molecule has 0 aromatic heterocycles. The predicted molar refractivity (Wildman–Crippen MR) is 144 cm³/mol. The minimum absolute atomic E-state index is 0.168. The Hall–Kier alpha value is -3.60. The maximum Gasteiger partial charge on any atom is 0.243 e. The van der Waals surface area contributed by atoms with Gasteiger partial charge in [-0.2, -0.15) is 0 Å². The summed E-state index contributed by atoms with van der Waals surface area (Å²) in [5, 5.41) is 8.36. The fraction of sp³-hybridized carbons (Fsp3) is 0.448. The topological polar surface area (TPSA) is 129 Å². The number of rotatable bonds is 13. The second-order valence-corrected chi connectivity index (χ2v) is 9.90. The van der Waals surface area contributed by atoms with Crippen molar-refractivity contribution in [1.82, 2.24) is 20.9 Å². The molecule has 10 nitrogen and oxygen atoms in total. The van der Waals surface area contributed by atoms with Crippen molar-refractivity contribution in [3.05, 3.63) is 71.8 Å². The Labute approximate surface area is 228 Å². The normalized spacial score (nSPS) is 19.3. The highest BCUT2D eigenvalue weighted by Gasteiger charge is 2.38. The second-order valence-electron chi connectivity index (χ2n) is 9.90. The molecule has 0 unspecified atom stereocenters. The fourth-order valence-corrected chi connectivity index (χ4v) is 4.45. The van der Waals surface area contributed by atoms with Gasteiger partial charge in [-0.3, -0.25) is 24.1 Å². The molecule has 2 saturated heterocycles. The lowest BCUT2D eigenvalue weighted by Gasteiger charge is -2.27. The Morgan fingerprint density at radius 1 is 0.821 bits per heavy atom.